The summed E-state index contributed by atoms with van der Waals surface area (Å²) in [5.41, 5.74) is 0. The zero-order valence-corrected chi connectivity index (χ0v) is 13.9. The summed E-state index contributed by atoms with van der Waals surface area (Å²) in [5.74, 6) is 1.02. The summed E-state index contributed by atoms with van der Waals surface area (Å²) < 4.78 is 5.11. The summed E-state index contributed by atoms with van der Waals surface area (Å²) in [6.45, 7) is 10.1. The normalized spacial score (nSPS) is 16.9. The summed E-state index contributed by atoms with van der Waals surface area (Å²) in [6, 6.07) is 0. The summed E-state index contributed by atoms with van der Waals surface area (Å²) >= 11 is 0. The number of carbonyl (C=O) groups excluding carboxylic acids is 1. The molecule has 1 fully saturated rings. The molecule has 5 heteroatoms. The number of hydrogen-bond donors (Lipinski definition) is 1. The number of nitrogens with one attached hydrogen (secondary N) is 1. The molecule has 0 aromatic carbocycles. The fourth-order valence-electron chi connectivity index (χ4n) is 2.56. The lowest BCUT2D eigenvalue weighted by Crippen LogP contribution is -2.46. The smallest absolute Gasteiger partial charge is 0.309 e. The topological polar surface area (TPSA) is 53.9 Å². The van der Waals surface area contributed by atoms with Gasteiger partial charge in [-0.15, -0.1) is 0 Å². The second-order valence-electron chi connectivity index (χ2n) is 5.46. The second kappa shape index (κ2) is 10.5. The van der Waals surface area contributed by atoms with Gasteiger partial charge in [-0.3, -0.25) is 9.79 Å². The second-order valence-corrected chi connectivity index (χ2v) is 5.46. The molecule has 1 saturated heterocycles. The van der Waals surface area contributed by atoms with E-state index in [0.29, 0.717) is 6.61 Å². The Morgan fingerprint density at radius 2 is 1.95 bits per heavy atom. The Morgan fingerprint density at radius 3 is 2.52 bits per heavy atom. The molecule has 0 amide bonds. The van der Waals surface area contributed by atoms with E-state index in [2.05, 4.69) is 24.1 Å². The fraction of sp³-hybridized carbons (Fsp3) is 0.875. The molecule has 1 rings (SSSR count). The van der Waals surface area contributed by atoms with Gasteiger partial charge < -0.3 is 15.0 Å². The molecule has 5 nitrogen and oxygen atoms in total. The van der Waals surface area contributed by atoms with Crippen LogP contribution in [0, 0.1) is 5.92 Å². The van der Waals surface area contributed by atoms with Crippen molar-refractivity contribution in [3.05, 3.63) is 0 Å². The van der Waals surface area contributed by atoms with E-state index >= 15 is 0 Å². The Balaban J connectivity index is 2.45. The van der Waals surface area contributed by atoms with E-state index in [9.17, 15) is 4.79 Å². The Morgan fingerprint density at radius 1 is 1.24 bits per heavy atom. The quantitative estimate of drug-likeness (QED) is 0.339. The minimum absolute atomic E-state index is 0.0398. The molecule has 0 saturated carbocycles. The molecule has 1 N–H and O–H groups in total. The van der Waals surface area contributed by atoms with Crippen LogP contribution in [0.1, 0.15) is 52.9 Å². The molecule has 0 spiro atoms. The van der Waals surface area contributed by atoms with Crippen molar-refractivity contribution < 1.29 is 9.53 Å². The molecule has 0 aliphatic carbocycles. The fourth-order valence-corrected chi connectivity index (χ4v) is 2.56. The molecule has 0 atom stereocenters. The van der Waals surface area contributed by atoms with Gasteiger partial charge in [0.2, 0.25) is 0 Å². The maximum absolute atomic E-state index is 11.8. The Kier molecular flexibility index (Phi) is 8.87. The third-order valence-corrected chi connectivity index (χ3v) is 3.77. The Bertz CT molecular complexity index is 323. The summed E-state index contributed by atoms with van der Waals surface area (Å²) in [7, 11) is 0. The van der Waals surface area contributed by atoms with Crippen molar-refractivity contribution in [1.82, 2.24) is 10.2 Å². The van der Waals surface area contributed by atoms with Crippen molar-refractivity contribution in [3.8, 4) is 0 Å². The molecule has 0 unspecified atom stereocenters. The number of nitrogens with zero attached hydrogens (tertiary/aromatic N) is 2. The SMILES string of the molecule is CCCCCN=C(NCC)N1CCC(C(=O)OCC)CC1. The largest absolute Gasteiger partial charge is 0.466 e. The van der Waals surface area contributed by atoms with Crippen LogP contribution in [0.25, 0.3) is 0 Å². The van der Waals surface area contributed by atoms with Crippen LogP contribution in [0.5, 0.6) is 0 Å². The molecular weight excluding hydrogens is 266 g/mol. The van der Waals surface area contributed by atoms with Crippen LogP contribution in [-0.4, -0.2) is 49.6 Å². The number of unbranched alkanes of at least 4 members (excludes halogenated alkanes) is 2. The van der Waals surface area contributed by atoms with Crippen LogP contribution in [-0.2, 0) is 9.53 Å². The molecule has 0 bridgehead atoms. The number of likely N-dealkylation sites (tertiary alicyclic amines) is 1. The van der Waals surface area contributed by atoms with Crippen LogP contribution in [0.15, 0.2) is 4.99 Å². The standard InChI is InChI=1S/C16H31N3O2/c1-4-7-8-11-18-16(17-5-2)19-12-9-14(10-13-19)15(20)21-6-3/h14H,4-13H2,1-3H3,(H,17,18). The predicted octanol–water partition coefficient (Wildman–Crippen LogP) is 2.42. The molecule has 1 aliphatic rings. The Labute approximate surface area is 129 Å². The first-order chi connectivity index (χ1) is 10.2. The average Bonchev–Trinajstić information content (AvgIpc) is 2.51. The van der Waals surface area contributed by atoms with Crippen molar-refractivity contribution in [2.24, 2.45) is 10.9 Å². The third-order valence-electron chi connectivity index (χ3n) is 3.77. The average molecular weight is 297 g/mol. The van der Waals surface area contributed by atoms with Gasteiger partial charge in [-0.1, -0.05) is 19.8 Å². The summed E-state index contributed by atoms with van der Waals surface area (Å²) in [6.07, 6.45) is 5.31. The first-order valence-electron chi connectivity index (χ1n) is 8.42. The van der Waals surface area contributed by atoms with Crippen molar-refractivity contribution in [3.63, 3.8) is 0 Å². The first-order valence-corrected chi connectivity index (χ1v) is 8.42. The van der Waals surface area contributed by atoms with E-state index in [-0.39, 0.29) is 11.9 Å². The molecule has 21 heavy (non-hydrogen) atoms. The summed E-state index contributed by atoms with van der Waals surface area (Å²) in [4.78, 5) is 18.7. The third kappa shape index (κ3) is 6.36. The molecule has 1 heterocycles. The van der Waals surface area contributed by atoms with E-state index in [1.54, 1.807) is 0 Å². The van der Waals surface area contributed by atoms with Gasteiger partial charge in [-0.25, -0.2) is 0 Å². The highest BCUT2D eigenvalue weighted by Crippen LogP contribution is 2.18. The number of carbonyl (C=O) groups is 1. The van der Waals surface area contributed by atoms with Gasteiger partial charge in [0.05, 0.1) is 12.5 Å². The van der Waals surface area contributed by atoms with E-state index in [0.717, 1.165) is 51.4 Å². The number of guanidine groups is 1. The highest BCUT2D eigenvalue weighted by atomic mass is 16.5. The predicted molar refractivity (Wildman–Crippen MR) is 86.4 cm³/mol. The molecular formula is C16H31N3O2. The van der Waals surface area contributed by atoms with Gasteiger partial charge in [0.15, 0.2) is 5.96 Å². The highest BCUT2D eigenvalue weighted by Gasteiger charge is 2.27. The van der Waals surface area contributed by atoms with Crippen LogP contribution in [0.2, 0.25) is 0 Å². The lowest BCUT2D eigenvalue weighted by Gasteiger charge is -2.33. The lowest BCUT2D eigenvalue weighted by atomic mass is 9.97. The number of rotatable bonds is 7. The highest BCUT2D eigenvalue weighted by molar-refractivity contribution is 5.80. The van der Waals surface area contributed by atoms with Crippen LogP contribution in [0.3, 0.4) is 0 Å². The molecule has 1 aliphatic heterocycles. The zero-order chi connectivity index (χ0) is 15.5. The summed E-state index contributed by atoms with van der Waals surface area (Å²) in [5, 5.41) is 3.36. The van der Waals surface area contributed by atoms with E-state index in [1.807, 2.05) is 6.92 Å². The van der Waals surface area contributed by atoms with Gasteiger partial charge in [0.25, 0.3) is 0 Å². The van der Waals surface area contributed by atoms with Crippen molar-refractivity contribution in [1.29, 1.82) is 0 Å². The monoisotopic (exact) mass is 297 g/mol. The lowest BCUT2D eigenvalue weighted by molar-refractivity contribution is -0.149. The zero-order valence-electron chi connectivity index (χ0n) is 13.9. The number of hydrogen-bond acceptors (Lipinski definition) is 3. The Hall–Kier alpha value is -1.26. The molecule has 122 valence electrons. The number of esters is 1. The van der Waals surface area contributed by atoms with E-state index in [4.69, 9.17) is 9.73 Å². The number of piperidine rings is 1. The maximum Gasteiger partial charge on any atom is 0.309 e. The van der Waals surface area contributed by atoms with Gasteiger partial charge >= 0.3 is 5.97 Å². The minimum Gasteiger partial charge on any atom is -0.466 e. The van der Waals surface area contributed by atoms with Crippen molar-refractivity contribution >= 4 is 11.9 Å². The van der Waals surface area contributed by atoms with Gasteiger partial charge in [0.1, 0.15) is 0 Å². The van der Waals surface area contributed by atoms with Crippen LogP contribution < -0.4 is 5.32 Å². The van der Waals surface area contributed by atoms with Gasteiger partial charge in [0, 0.05) is 26.2 Å². The molecule has 0 aromatic rings. The van der Waals surface area contributed by atoms with Gasteiger partial charge in [-0.05, 0) is 33.1 Å². The number of ether oxygens (including phenoxy) is 1. The van der Waals surface area contributed by atoms with Crippen molar-refractivity contribution in [2.45, 2.75) is 52.9 Å². The van der Waals surface area contributed by atoms with Crippen LogP contribution >= 0.6 is 0 Å². The van der Waals surface area contributed by atoms with Gasteiger partial charge in [-0.2, -0.15) is 0 Å². The molecule has 0 aromatic heterocycles. The number of aliphatic imine (C=N–C) groups is 1. The van der Waals surface area contributed by atoms with E-state index < -0.39 is 0 Å². The maximum atomic E-state index is 11.8. The molecule has 0 radical (unpaired) electrons. The first kappa shape index (κ1) is 17.8. The van der Waals surface area contributed by atoms with Crippen molar-refractivity contribution in [2.75, 3.05) is 32.8 Å². The van der Waals surface area contributed by atoms with Crippen LogP contribution in [0.4, 0.5) is 0 Å². The van der Waals surface area contributed by atoms with E-state index in [1.165, 1.54) is 12.8 Å². The minimum atomic E-state index is -0.0398.